The summed E-state index contributed by atoms with van der Waals surface area (Å²) in [5, 5.41) is 12.6. The van der Waals surface area contributed by atoms with Crippen LogP contribution in [0.2, 0.25) is 0 Å². The molecule has 3 heteroatoms. The van der Waals surface area contributed by atoms with E-state index in [1.807, 2.05) is 17.5 Å². The van der Waals surface area contributed by atoms with Crippen LogP contribution in [0.1, 0.15) is 18.7 Å². The van der Waals surface area contributed by atoms with E-state index in [4.69, 9.17) is 0 Å². The SMILES string of the molecule is CC(O)c1nccc2ccsc12. The summed E-state index contributed by atoms with van der Waals surface area (Å²) in [6, 6.07) is 3.99. The molecule has 1 unspecified atom stereocenters. The van der Waals surface area contributed by atoms with Crippen molar-refractivity contribution in [3.05, 3.63) is 29.4 Å². The van der Waals surface area contributed by atoms with Gasteiger partial charge in [0, 0.05) is 6.20 Å². The lowest BCUT2D eigenvalue weighted by atomic mass is 10.2. The van der Waals surface area contributed by atoms with Gasteiger partial charge in [0.15, 0.2) is 0 Å². The standard InChI is InChI=1S/C9H9NOS/c1-6(11)8-9-7(2-4-10-8)3-5-12-9/h2-6,11H,1H3. The molecule has 0 aliphatic rings. The molecular formula is C9H9NOS. The lowest BCUT2D eigenvalue weighted by Crippen LogP contribution is -1.93. The zero-order valence-corrected chi connectivity index (χ0v) is 7.51. The van der Waals surface area contributed by atoms with Gasteiger partial charge in [-0.1, -0.05) is 0 Å². The summed E-state index contributed by atoms with van der Waals surface area (Å²) in [6.45, 7) is 1.74. The third-order valence-corrected chi connectivity index (χ3v) is 2.74. The molecule has 62 valence electrons. The lowest BCUT2D eigenvalue weighted by Gasteiger charge is -2.03. The number of thiophene rings is 1. The van der Waals surface area contributed by atoms with Crippen molar-refractivity contribution in [2.45, 2.75) is 13.0 Å². The Balaban J connectivity index is 2.73. The molecule has 0 spiro atoms. The summed E-state index contributed by atoms with van der Waals surface area (Å²) >= 11 is 1.62. The molecule has 2 heterocycles. The Morgan fingerprint density at radius 1 is 1.50 bits per heavy atom. The van der Waals surface area contributed by atoms with Gasteiger partial charge >= 0.3 is 0 Å². The Labute approximate surface area is 74.5 Å². The minimum absolute atomic E-state index is 0.479. The molecule has 0 radical (unpaired) electrons. The predicted octanol–water partition coefficient (Wildman–Crippen LogP) is 2.35. The first-order valence-corrected chi connectivity index (χ1v) is 4.67. The summed E-state index contributed by atoms with van der Waals surface area (Å²) < 4.78 is 1.09. The van der Waals surface area contributed by atoms with Crippen molar-refractivity contribution in [3.63, 3.8) is 0 Å². The van der Waals surface area contributed by atoms with E-state index in [0.717, 1.165) is 15.8 Å². The minimum atomic E-state index is -0.479. The molecule has 0 aliphatic carbocycles. The fourth-order valence-corrected chi connectivity index (χ4v) is 2.18. The smallest absolute Gasteiger partial charge is 0.0946 e. The van der Waals surface area contributed by atoms with E-state index in [9.17, 15) is 5.11 Å². The second kappa shape index (κ2) is 2.84. The van der Waals surface area contributed by atoms with E-state index >= 15 is 0 Å². The van der Waals surface area contributed by atoms with Crippen LogP contribution < -0.4 is 0 Å². The number of hydrogen-bond donors (Lipinski definition) is 1. The molecule has 12 heavy (non-hydrogen) atoms. The number of nitrogens with zero attached hydrogens (tertiary/aromatic N) is 1. The Morgan fingerprint density at radius 2 is 2.33 bits per heavy atom. The number of aliphatic hydroxyl groups excluding tert-OH is 1. The summed E-state index contributed by atoms with van der Waals surface area (Å²) in [4.78, 5) is 4.14. The van der Waals surface area contributed by atoms with E-state index in [2.05, 4.69) is 4.98 Å². The molecule has 0 fully saturated rings. The van der Waals surface area contributed by atoms with Crippen molar-refractivity contribution < 1.29 is 5.11 Å². The number of hydrogen-bond acceptors (Lipinski definition) is 3. The maximum atomic E-state index is 9.38. The largest absolute Gasteiger partial charge is 0.387 e. The zero-order chi connectivity index (χ0) is 8.55. The van der Waals surface area contributed by atoms with E-state index in [1.165, 1.54) is 0 Å². The van der Waals surface area contributed by atoms with Gasteiger partial charge in [0.05, 0.1) is 16.5 Å². The van der Waals surface area contributed by atoms with Gasteiger partial charge < -0.3 is 5.11 Å². The molecule has 1 atom stereocenters. The molecule has 2 nitrogen and oxygen atoms in total. The fraction of sp³-hybridized carbons (Fsp3) is 0.222. The van der Waals surface area contributed by atoms with Gasteiger partial charge in [0.2, 0.25) is 0 Å². The van der Waals surface area contributed by atoms with Crippen LogP contribution >= 0.6 is 11.3 Å². The van der Waals surface area contributed by atoms with Crippen LogP contribution in [-0.4, -0.2) is 10.1 Å². The van der Waals surface area contributed by atoms with Gasteiger partial charge in [-0.05, 0) is 29.8 Å². The highest BCUT2D eigenvalue weighted by Gasteiger charge is 2.07. The van der Waals surface area contributed by atoms with Crippen LogP contribution in [0.5, 0.6) is 0 Å². The topological polar surface area (TPSA) is 33.1 Å². The molecule has 2 aromatic rings. The maximum Gasteiger partial charge on any atom is 0.0946 e. The van der Waals surface area contributed by atoms with Crippen LogP contribution in [-0.2, 0) is 0 Å². The van der Waals surface area contributed by atoms with E-state index in [1.54, 1.807) is 24.5 Å². The normalized spacial score (nSPS) is 13.5. The third-order valence-electron chi connectivity index (χ3n) is 1.79. The zero-order valence-electron chi connectivity index (χ0n) is 6.69. The maximum absolute atomic E-state index is 9.38. The van der Waals surface area contributed by atoms with E-state index in [-0.39, 0.29) is 0 Å². The highest BCUT2D eigenvalue weighted by molar-refractivity contribution is 7.17. The first kappa shape index (κ1) is 7.71. The highest BCUT2D eigenvalue weighted by atomic mass is 32.1. The minimum Gasteiger partial charge on any atom is -0.387 e. The summed E-state index contributed by atoms with van der Waals surface area (Å²) in [5.74, 6) is 0. The Bertz CT molecular complexity index is 394. The molecule has 0 amide bonds. The quantitative estimate of drug-likeness (QED) is 0.729. The predicted molar refractivity (Wildman–Crippen MR) is 50.3 cm³/mol. The van der Waals surface area contributed by atoms with Crippen molar-refractivity contribution in [2.24, 2.45) is 0 Å². The second-order valence-corrected chi connectivity index (χ2v) is 3.63. The van der Waals surface area contributed by atoms with Gasteiger partial charge in [-0.15, -0.1) is 11.3 Å². The first-order chi connectivity index (χ1) is 5.79. The molecule has 0 aliphatic heterocycles. The van der Waals surface area contributed by atoms with E-state index < -0.39 is 6.10 Å². The van der Waals surface area contributed by atoms with Gasteiger partial charge in [0.1, 0.15) is 0 Å². The average Bonchev–Trinajstić information content (AvgIpc) is 2.49. The lowest BCUT2D eigenvalue weighted by molar-refractivity contribution is 0.196. The van der Waals surface area contributed by atoms with Crippen LogP contribution in [0.4, 0.5) is 0 Å². The Hall–Kier alpha value is -0.930. The Kier molecular flexibility index (Phi) is 1.83. The van der Waals surface area contributed by atoms with Crippen molar-refractivity contribution in [3.8, 4) is 0 Å². The van der Waals surface area contributed by atoms with Gasteiger partial charge in [-0.3, -0.25) is 4.98 Å². The molecule has 1 N–H and O–H groups in total. The Morgan fingerprint density at radius 3 is 3.08 bits per heavy atom. The van der Waals surface area contributed by atoms with E-state index in [0.29, 0.717) is 0 Å². The monoisotopic (exact) mass is 179 g/mol. The second-order valence-electron chi connectivity index (χ2n) is 2.71. The third kappa shape index (κ3) is 1.11. The number of pyridine rings is 1. The van der Waals surface area contributed by atoms with Crippen molar-refractivity contribution >= 4 is 21.4 Å². The van der Waals surface area contributed by atoms with Gasteiger partial charge in [-0.25, -0.2) is 0 Å². The van der Waals surface area contributed by atoms with Crippen molar-refractivity contribution in [1.82, 2.24) is 4.98 Å². The van der Waals surface area contributed by atoms with Crippen LogP contribution in [0.25, 0.3) is 10.1 Å². The molecule has 0 aromatic carbocycles. The summed E-state index contributed by atoms with van der Waals surface area (Å²) in [6.07, 6.45) is 1.25. The molecule has 0 bridgehead atoms. The van der Waals surface area contributed by atoms with Crippen LogP contribution in [0, 0.1) is 0 Å². The van der Waals surface area contributed by atoms with Gasteiger partial charge in [0.25, 0.3) is 0 Å². The summed E-state index contributed by atoms with van der Waals surface area (Å²) in [5.41, 5.74) is 0.780. The number of rotatable bonds is 1. The number of aliphatic hydroxyl groups is 1. The number of fused-ring (bicyclic) bond motifs is 1. The van der Waals surface area contributed by atoms with Crippen LogP contribution in [0.15, 0.2) is 23.7 Å². The highest BCUT2D eigenvalue weighted by Crippen LogP contribution is 2.26. The fourth-order valence-electron chi connectivity index (χ4n) is 1.21. The summed E-state index contributed by atoms with van der Waals surface area (Å²) in [7, 11) is 0. The number of aromatic nitrogens is 1. The van der Waals surface area contributed by atoms with Gasteiger partial charge in [-0.2, -0.15) is 0 Å². The molecule has 0 saturated carbocycles. The first-order valence-electron chi connectivity index (χ1n) is 3.79. The van der Waals surface area contributed by atoms with Crippen LogP contribution in [0.3, 0.4) is 0 Å². The molecular weight excluding hydrogens is 170 g/mol. The van der Waals surface area contributed by atoms with Crippen molar-refractivity contribution in [1.29, 1.82) is 0 Å². The average molecular weight is 179 g/mol. The van der Waals surface area contributed by atoms with Crippen molar-refractivity contribution in [2.75, 3.05) is 0 Å². The molecule has 2 aromatic heterocycles. The molecule has 2 rings (SSSR count). The molecule has 0 saturated heterocycles.